The number of hydrogen-bond donors (Lipinski definition) is 1. The van der Waals surface area contributed by atoms with Crippen molar-refractivity contribution in [1.82, 2.24) is 4.90 Å². The Kier molecular flexibility index (Phi) is 8.82. The zero-order chi connectivity index (χ0) is 29.9. The van der Waals surface area contributed by atoms with Crippen LogP contribution in [0.15, 0.2) is 66.2 Å². The first kappa shape index (κ1) is 29.6. The molecule has 8 heteroatoms. The first-order valence-corrected chi connectivity index (χ1v) is 14.1. The summed E-state index contributed by atoms with van der Waals surface area (Å²) >= 11 is 0. The quantitative estimate of drug-likeness (QED) is 0.205. The molecule has 4 nitrogen and oxygen atoms in total. The third kappa shape index (κ3) is 6.44. The molecule has 0 atom stereocenters. The lowest BCUT2D eigenvalue weighted by molar-refractivity contribution is -0.137. The number of methoxy groups -OCH3 is 1. The second kappa shape index (κ2) is 12.5. The van der Waals surface area contributed by atoms with Gasteiger partial charge < -0.3 is 9.84 Å². The van der Waals surface area contributed by atoms with Gasteiger partial charge in [-0.05, 0) is 114 Å². The molecule has 0 aromatic heterocycles. The first-order valence-electron chi connectivity index (χ1n) is 14.1. The van der Waals surface area contributed by atoms with Crippen molar-refractivity contribution in [3.8, 4) is 5.75 Å². The van der Waals surface area contributed by atoms with Crippen LogP contribution in [0.2, 0.25) is 0 Å². The summed E-state index contributed by atoms with van der Waals surface area (Å²) < 4.78 is 60.5. The number of allylic oxidation sites excluding steroid dienone is 1. The lowest BCUT2D eigenvalue weighted by Gasteiger charge is -2.34. The number of rotatable bonds is 9. The number of hydrogen-bond acceptors (Lipinski definition) is 3. The lowest BCUT2D eigenvalue weighted by atomic mass is 9.85. The summed E-state index contributed by atoms with van der Waals surface area (Å²) in [5.41, 5.74) is 5.26. The van der Waals surface area contributed by atoms with E-state index in [0.29, 0.717) is 42.6 Å². The number of nitrogens with zero attached hydrogens (tertiary/aromatic N) is 1. The van der Waals surface area contributed by atoms with Crippen molar-refractivity contribution in [1.29, 1.82) is 0 Å². The Bertz CT molecular complexity index is 1510. The van der Waals surface area contributed by atoms with Gasteiger partial charge >= 0.3 is 12.1 Å². The van der Waals surface area contributed by atoms with E-state index in [1.165, 1.54) is 30.9 Å². The molecular formula is C34H33F4NO3. The molecule has 0 radical (unpaired) electrons. The van der Waals surface area contributed by atoms with Gasteiger partial charge in [-0.15, -0.1) is 0 Å². The second-order valence-electron chi connectivity index (χ2n) is 10.8. The number of aryl methyl sites for hydroxylation is 1. The number of carboxylic acid groups (broad SMARTS) is 1. The van der Waals surface area contributed by atoms with E-state index in [1.807, 2.05) is 24.3 Å². The molecule has 3 aromatic rings. The SMILES string of the molecule is COc1ccc(C(F)(F)F)c(C2=C(c3ccc(C=C4CN(CCCCF)C4)cc3)c3ccc(C(=O)O)cc3CCC2)c1. The fourth-order valence-corrected chi connectivity index (χ4v) is 5.86. The average molecular weight is 580 g/mol. The van der Waals surface area contributed by atoms with E-state index in [-0.39, 0.29) is 17.8 Å². The minimum absolute atomic E-state index is 0.0699. The van der Waals surface area contributed by atoms with E-state index >= 15 is 0 Å². The Labute approximate surface area is 242 Å². The van der Waals surface area contributed by atoms with Crippen LogP contribution in [0.5, 0.6) is 5.75 Å². The van der Waals surface area contributed by atoms with Crippen LogP contribution < -0.4 is 4.74 Å². The maximum atomic E-state index is 14.3. The maximum Gasteiger partial charge on any atom is 0.417 e. The van der Waals surface area contributed by atoms with Gasteiger partial charge in [0.25, 0.3) is 0 Å². The molecule has 1 aliphatic heterocycles. The molecule has 5 rings (SSSR count). The monoisotopic (exact) mass is 579 g/mol. The highest BCUT2D eigenvalue weighted by molar-refractivity contribution is 6.01. The van der Waals surface area contributed by atoms with Gasteiger partial charge in [-0.25, -0.2) is 4.79 Å². The second-order valence-corrected chi connectivity index (χ2v) is 10.8. The van der Waals surface area contributed by atoms with Crippen molar-refractivity contribution in [2.75, 3.05) is 33.4 Å². The fourth-order valence-electron chi connectivity index (χ4n) is 5.86. The maximum absolute atomic E-state index is 14.3. The van der Waals surface area contributed by atoms with Gasteiger partial charge in [0.1, 0.15) is 5.75 Å². The van der Waals surface area contributed by atoms with Crippen molar-refractivity contribution < 1.29 is 32.2 Å². The van der Waals surface area contributed by atoms with Crippen LogP contribution in [-0.2, 0) is 12.6 Å². The van der Waals surface area contributed by atoms with E-state index in [0.717, 1.165) is 54.4 Å². The molecule has 0 spiro atoms. The van der Waals surface area contributed by atoms with Gasteiger partial charge in [-0.3, -0.25) is 9.29 Å². The van der Waals surface area contributed by atoms with Crippen LogP contribution in [0.4, 0.5) is 17.6 Å². The summed E-state index contributed by atoms with van der Waals surface area (Å²) in [5.74, 6) is -0.717. The topological polar surface area (TPSA) is 49.8 Å². The van der Waals surface area contributed by atoms with Crippen molar-refractivity contribution in [3.05, 3.63) is 105 Å². The van der Waals surface area contributed by atoms with E-state index in [9.17, 15) is 27.5 Å². The van der Waals surface area contributed by atoms with Gasteiger partial charge in [0, 0.05) is 13.1 Å². The summed E-state index contributed by atoms with van der Waals surface area (Å²) in [6, 6.07) is 16.5. The minimum atomic E-state index is -4.57. The number of unbranched alkanes of at least 4 members (excludes halogenated alkanes) is 1. The largest absolute Gasteiger partial charge is 0.497 e. The van der Waals surface area contributed by atoms with Gasteiger partial charge in [-0.1, -0.05) is 36.4 Å². The van der Waals surface area contributed by atoms with Crippen molar-refractivity contribution in [3.63, 3.8) is 0 Å². The molecule has 42 heavy (non-hydrogen) atoms. The predicted molar refractivity (Wildman–Crippen MR) is 156 cm³/mol. The number of benzene rings is 3. The summed E-state index contributed by atoms with van der Waals surface area (Å²) in [6.45, 7) is 2.28. The lowest BCUT2D eigenvalue weighted by Crippen LogP contribution is -2.40. The number of carboxylic acids is 1. The van der Waals surface area contributed by atoms with Crippen molar-refractivity contribution >= 4 is 23.2 Å². The van der Waals surface area contributed by atoms with E-state index in [2.05, 4.69) is 11.0 Å². The minimum Gasteiger partial charge on any atom is -0.497 e. The number of ether oxygens (including phenoxy) is 1. The standard InChI is InChI=1S/C34H33F4NO3/c1-42-27-12-14-31(34(36,37)38)30(19-27)29-6-4-5-25-18-26(33(40)41)11-13-28(25)32(29)24-9-7-22(8-10-24)17-23-20-39(21-23)16-3-2-15-35/h7-14,17-19H,2-6,15-16,20-21H2,1H3,(H,40,41). The Morgan fingerprint density at radius 3 is 2.40 bits per heavy atom. The zero-order valence-corrected chi connectivity index (χ0v) is 23.4. The molecule has 0 unspecified atom stereocenters. The molecule has 220 valence electrons. The Balaban J connectivity index is 1.59. The molecular weight excluding hydrogens is 546 g/mol. The normalized spacial score (nSPS) is 15.6. The first-order chi connectivity index (χ1) is 20.2. The van der Waals surface area contributed by atoms with Crippen molar-refractivity contribution in [2.24, 2.45) is 0 Å². The molecule has 1 fully saturated rings. The molecule has 1 heterocycles. The predicted octanol–water partition coefficient (Wildman–Crippen LogP) is 8.16. The fraction of sp³-hybridized carbons (Fsp3) is 0.324. The third-order valence-corrected chi connectivity index (χ3v) is 7.93. The molecule has 0 amide bonds. The molecule has 1 aliphatic carbocycles. The highest BCUT2D eigenvalue weighted by Gasteiger charge is 2.35. The summed E-state index contributed by atoms with van der Waals surface area (Å²) in [5, 5.41) is 9.58. The Hall–Kier alpha value is -3.91. The summed E-state index contributed by atoms with van der Waals surface area (Å²) in [7, 11) is 1.43. The summed E-state index contributed by atoms with van der Waals surface area (Å²) in [6.07, 6.45) is 0.461. The number of carbonyl (C=O) groups is 1. The van der Waals surface area contributed by atoms with Gasteiger partial charge in [0.2, 0.25) is 0 Å². The van der Waals surface area contributed by atoms with Crippen LogP contribution in [0.1, 0.15) is 69.4 Å². The number of alkyl halides is 4. The van der Waals surface area contributed by atoms with Crippen LogP contribution in [0.25, 0.3) is 17.2 Å². The van der Waals surface area contributed by atoms with E-state index < -0.39 is 17.7 Å². The number of fused-ring (bicyclic) bond motifs is 1. The molecule has 0 bridgehead atoms. The van der Waals surface area contributed by atoms with Crippen LogP contribution in [0, 0.1) is 0 Å². The molecule has 1 N–H and O–H groups in total. The number of likely N-dealkylation sites (tertiary alicyclic amines) is 1. The van der Waals surface area contributed by atoms with E-state index in [4.69, 9.17) is 4.74 Å². The van der Waals surface area contributed by atoms with Crippen molar-refractivity contribution in [2.45, 2.75) is 38.3 Å². The number of halogens is 4. The molecule has 0 saturated carbocycles. The molecule has 2 aliphatic rings. The number of aromatic carboxylic acids is 1. The van der Waals surface area contributed by atoms with E-state index in [1.54, 1.807) is 12.1 Å². The van der Waals surface area contributed by atoms with Crippen LogP contribution in [-0.4, -0.2) is 49.4 Å². The smallest absolute Gasteiger partial charge is 0.417 e. The third-order valence-electron chi connectivity index (χ3n) is 7.93. The van der Waals surface area contributed by atoms with Crippen LogP contribution in [0.3, 0.4) is 0 Å². The highest BCUT2D eigenvalue weighted by Crippen LogP contribution is 2.45. The van der Waals surface area contributed by atoms with Gasteiger partial charge in [0.15, 0.2) is 0 Å². The zero-order valence-electron chi connectivity index (χ0n) is 23.4. The Morgan fingerprint density at radius 2 is 1.74 bits per heavy atom. The summed E-state index contributed by atoms with van der Waals surface area (Å²) in [4.78, 5) is 14.0. The van der Waals surface area contributed by atoms with Crippen LogP contribution >= 0.6 is 0 Å². The Morgan fingerprint density at radius 1 is 0.976 bits per heavy atom. The molecule has 1 saturated heterocycles. The van der Waals surface area contributed by atoms with Gasteiger partial charge in [-0.2, -0.15) is 13.2 Å². The highest BCUT2D eigenvalue weighted by atomic mass is 19.4. The van der Waals surface area contributed by atoms with Gasteiger partial charge in [0.05, 0.1) is 24.9 Å². The molecule has 3 aromatic carbocycles. The average Bonchev–Trinajstić information content (AvgIpc) is 3.14.